The lowest BCUT2D eigenvalue weighted by molar-refractivity contribution is 0.0697. The van der Waals surface area contributed by atoms with Gasteiger partial charge in [-0.15, -0.1) is 0 Å². The monoisotopic (exact) mass is 246 g/mol. The van der Waals surface area contributed by atoms with Crippen LogP contribution in [0.2, 0.25) is 0 Å². The van der Waals surface area contributed by atoms with E-state index in [4.69, 9.17) is 5.11 Å². The first-order chi connectivity index (χ1) is 8.70. The summed E-state index contributed by atoms with van der Waals surface area (Å²) in [4.78, 5) is 13.2. The van der Waals surface area contributed by atoms with E-state index in [2.05, 4.69) is 16.8 Å². The zero-order chi connectivity index (χ0) is 13.0. The minimum Gasteiger partial charge on any atom is -0.478 e. The van der Waals surface area contributed by atoms with E-state index in [0.29, 0.717) is 11.6 Å². The summed E-state index contributed by atoms with van der Waals surface area (Å²) < 4.78 is 0. The lowest BCUT2D eigenvalue weighted by atomic mass is 10.0. The van der Waals surface area contributed by atoms with Gasteiger partial charge in [-0.1, -0.05) is 12.6 Å². The Morgan fingerprint density at radius 2 is 2.17 bits per heavy atom. The second-order valence-electron chi connectivity index (χ2n) is 4.49. The molecule has 1 aliphatic heterocycles. The van der Waals surface area contributed by atoms with E-state index in [1.807, 2.05) is 6.07 Å². The van der Waals surface area contributed by atoms with Gasteiger partial charge in [-0.2, -0.15) is 0 Å². The SMILES string of the molecule is C=CNC1CCN(c2cccc(C(=O)O)c2)CC1. The molecular formula is C14H18N2O2. The molecule has 0 atom stereocenters. The zero-order valence-corrected chi connectivity index (χ0v) is 10.3. The molecule has 1 aromatic carbocycles. The van der Waals surface area contributed by atoms with Gasteiger partial charge in [0.15, 0.2) is 0 Å². The molecule has 1 aromatic rings. The minimum absolute atomic E-state index is 0.346. The molecule has 96 valence electrons. The van der Waals surface area contributed by atoms with Crippen LogP contribution < -0.4 is 10.2 Å². The summed E-state index contributed by atoms with van der Waals surface area (Å²) in [6.07, 6.45) is 3.83. The highest BCUT2D eigenvalue weighted by atomic mass is 16.4. The van der Waals surface area contributed by atoms with Crippen molar-refractivity contribution in [1.82, 2.24) is 5.32 Å². The Labute approximate surface area is 107 Å². The highest BCUT2D eigenvalue weighted by Crippen LogP contribution is 2.21. The van der Waals surface area contributed by atoms with Crippen LogP contribution in [0.25, 0.3) is 0 Å². The molecule has 2 N–H and O–H groups in total. The maximum Gasteiger partial charge on any atom is 0.335 e. The molecule has 18 heavy (non-hydrogen) atoms. The van der Waals surface area contributed by atoms with Crippen LogP contribution in [0, 0.1) is 0 Å². The van der Waals surface area contributed by atoms with Gasteiger partial charge in [0.1, 0.15) is 0 Å². The molecular weight excluding hydrogens is 228 g/mol. The number of hydrogen-bond donors (Lipinski definition) is 2. The minimum atomic E-state index is -0.875. The van der Waals surface area contributed by atoms with E-state index in [9.17, 15) is 4.79 Å². The number of nitrogens with one attached hydrogen (secondary N) is 1. The summed E-state index contributed by atoms with van der Waals surface area (Å²) in [5.41, 5.74) is 1.34. The Morgan fingerprint density at radius 3 is 2.78 bits per heavy atom. The summed E-state index contributed by atoms with van der Waals surface area (Å²) in [5.74, 6) is -0.875. The Bertz CT molecular complexity index is 437. The number of benzene rings is 1. The molecule has 4 heteroatoms. The maximum absolute atomic E-state index is 10.9. The number of piperidine rings is 1. The molecule has 1 aliphatic rings. The van der Waals surface area contributed by atoms with Crippen LogP contribution >= 0.6 is 0 Å². The standard InChI is InChI=1S/C14H18N2O2/c1-2-15-12-6-8-16(9-7-12)13-5-3-4-11(10-13)14(17)18/h2-5,10,12,15H,1,6-9H2,(H,17,18). The largest absolute Gasteiger partial charge is 0.478 e. The van der Waals surface area contributed by atoms with Crippen molar-refractivity contribution in [1.29, 1.82) is 0 Å². The zero-order valence-electron chi connectivity index (χ0n) is 10.3. The second-order valence-corrected chi connectivity index (χ2v) is 4.49. The molecule has 1 fully saturated rings. The maximum atomic E-state index is 10.9. The lowest BCUT2D eigenvalue weighted by Crippen LogP contribution is -2.40. The van der Waals surface area contributed by atoms with Crippen molar-refractivity contribution in [2.45, 2.75) is 18.9 Å². The normalized spacial score (nSPS) is 16.3. The van der Waals surface area contributed by atoms with E-state index in [1.54, 1.807) is 24.4 Å². The van der Waals surface area contributed by atoms with Crippen LogP contribution in [0.4, 0.5) is 5.69 Å². The number of rotatable bonds is 4. The third kappa shape index (κ3) is 2.83. The van der Waals surface area contributed by atoms with Crippen molar-refractivity contribution in [2.75, 3.05) is 18.0 Å². The van der Waals surface area contributed by atoms with Crippen molar-refractivity contribution < 1.29 is 9.90 Å². The number of anilines is 1. The van der Waals surface area contributed by atoms with E-state index in [-0.39, 0.29) is 0 Å². The summed E-state index contributed by atoms with van der Waals surface area (Å²) in [6.45, 7) is 5.55. The molecule has 2 rings (SSSR count). The predicted octanol–water partition coefficient (Wildman–Crippen LogP) is 2.09. The molecule has 0 amide bonds. The first-order valence-electron chi connectivity index (χ1n) is 6.16. The number of carboxylic acid groups (broad SMARTS) is 1. The van der Waals surface area contributed by atoms with Gasteiger partial charge in [-0.05, 0) is 37.2 Å². The van der Waals surface area contributed by atoms with Crippen molar-refractivity contribution >= 4 is 11.7 Å². The van der Waals surface area contributed by atoms with Gasteiger partial charge in [0.2, 0.25) is 0 Å². The second kappa shape index (κ2) is 5.58. The van der Waals surface area contributed by atoms with Crippen molar-refractivity contribution in [3.63, 3.8) is 0 Å². The van der Waals surface area contributed by atoms with Crippen molar-refractivity contribution in [3.8, 4) is 0 Å². The average molecular weight is 246 g/mol. The molecule has 4 nitrogen and oxygen atoms in total. The third-order valence-electron chi connectivity index (χ3n) is 3.31. The van der Waals surface area contributed by atoms with E-state index in [0.717, 1.165) is 31.6 Å². The Balaban J connectivity index is 2.03. The fourth-order valence-corrected chi connectivity index (χ4v) is 2.31. The molecule has 0 radical (unpaired) electrons. The first-order valence-corrected chi connectivity index (χ1v) is 6.16. The lowest BCUT2D eigenvalue weighted by Gasteiger charge is -2.33. The first kappa shape index (κ1) is 12.5. The third-order valence-corrected chi connectivity index (χ3v) is 3.31. The van der Waals surface area contributed by atoms with Gasteiger partial charge in [-0.25, -0.2) is 4.79 Å². The number of carbonyl (C=O) groups is 1. The van der Waals surface area contributed by atoms with Gasteiger partial charge in [0.25, 0.3) is 0 Å². The van der Waals surface area contributed by atoms with Gasteiger partial charge in [-0.3, -0.25) is 0 Å². The van der Waals surface area contributed by atoms with Crippen LogP contribution in [0.5, 0.6) is 0 Å². The molecule has 0 unspecified atom stereocenters. The molecule has 0 saturated carbocycles. The van der Waals surface area contributed by atoms with E-state index < -0.39 is 5.97 Å². The van der Waals surface area contributed by atoms with E-state index in [1.165, 1.54) is 0 Å². The number of aromatic carboxylic acids is 1. The molecule has 1 saturated heterocycles. The topological polar surface area (TPSA) is 52.6 Å². The van der Waals surface area contributed by atoms with Gasteiger partial charge in [0.05, 0.1) is 5.56 Å². The number of carboxylic acids is 1. The summed E-state index contributed by atoms with van der Waals surface area (Å²) in [6, 6.07) is 7.61. The Hall–Kier alpha value is -1.97. The predicted molar refractivity (Wildman–Crippen MR) is 72.0 cm³/mol. The Kier molecular flexibility index (Phi) is 3.87. The summed E-state index contributed by atoms with van der Waals surface area (Å²) >= 11 is 0. The summed E-state index contributed by atoms with van der Waals surface area (Å²) in [5, 5.41) is 12.2. The fraction of sp³-hybridized carbons (Fsp3) is 0.357. The fourth-order valence-electron chi connectivity index (χ4n) is 2.31. The van der Waals surface area contributed by atoms with Crippen LogP contribution in [0.3, 0.4) is 0 Å². The van der Waals surface area contributed by atoms with Gasteiger partial charge >= 0.3 is 5.97 Å². The van der Waals surface area contributed by atoms with Crippen LogP contribution in [-0.4, -0.2) is 30.2 Å². The highest BCUT2D eigenvalue weighted by Gasteiger charge is 2.18. The highest BCUT2D eigenvalue weighted by molar-refractivity contribution is 5.88. The van der Waals surface area contributed by atoms with Crippen LogP contribution in [0.1, 0.15) is 23.2 Å². The van der Waals surface area contributed by atoms with E-state index >= 15 is 0 Å². The number of nitrogens with zero attached hydrogens (tertiary/aromatic N) is 1. The van der Waals surface area contributed by atoms with Gasteiger partial charge < -0.3 is 15.3 Å². The van der Waals surface area contributed by atoms with Crippen LogP contribution in [-0.2, 0) is 0 Å². The van der Waals surface area contributed by atoms with Crippen molar-refractivity contribution in [3.05, 3.63) is 42.6 Å². The van der Waals surface area contributed by atoms with Crippen LogP contribution in [0.15, 0.2) is 37.0 Å². The molecule has 0 aromatic heterocycles. The van der Waals surface area contributed by atoms with Gasteiger partial charge in [0, 0.05) is 24.8 Å². The molecule has 0 spiro atoms. The van der Waals surface area contributed by atoms with Crippen molar-refractivity contribution in [2.24, 2.45) is 0 Å². The molecule has 1 heterocycles. The average Bonchev–Trinajstić information content (AvgIpc) is 2.40. The Morgan fingerprint density at radius 1 is 1.44 bits per heavy atom. The number of hydrogen-bond acceptors (Lipinski definition) is 3. The smallest absolute Gasteiger partial charge is 0.335 e. The molecule has 0 aliphatic carbocycles. The molecule has 0 bridgehead atoms. The quantitative estimate of drug-likeness (QED) is 0.854. The summed E-state index contributed by atoms with van der Waals surface area (Å²) in [7, 11) is 0.